The molecule has 2 atom stereocenters. The van der Waals surface area contributed by atoms with Crippen LogP contribution in [0.15, 0.2) is 0 Å². The molecule has 0 radical (unpaired) electrons. The zero-order chi connectivity index (χ0) is 12.1. The zero-order valence-electron chi connectivity index (χ0n) is 11.3. The molecule has 0 amide bonds. The lowest BCUT2D eigenvalue weighted by Crippen LogP contribution is -2.43. The van der Waals surface area contributed by atoms with Gasteiger partial charge in [0.1, 0.15) is 0 Å². The van der Waals surface area contributed by atoms with Crippen molar-refractivity contribution in [3.05, 3.63) is 0 Å². The summed E-state index contributed by atoms with van der Waals surface area (Å²) >= 11 is 0. The van der Waals surface area contributed by atoms with E-state index in [0.29, 0.717) is 6.10 Å². The van der Waals surface area contributed by atoms with Crippen LogP contribution < -0.4 is 5.32 Å². The van der Waals surface area contributed by atoms with Crippen LogP contribution in [-0.4, -0.2) is 39.0 Å². The SMILES string of the molecule is CCCNCC1(COCC2CC2)CCOC1C. The van der Waals surface area contributed by atoms with E-state index in [9.17, 15) is 0 Å². The van der Waals surface area contributed by atoms with Gasteiger partial charge in [0.25, 0.3) is 0 Å². The van der Waals surface area contributed by atoms with Crippen molar-refractivity contribution < 1.29 is 9.47 Å². The lowest BCUT2D eigenvalue weighted by molar-refractivity contribution is -0.00896. The van der Waals surface area contributed by atoms with Crippen molar-refractivity contribution in [1.82, 2.24) is 5.32 Å². The fourth-order valence-corrected chi connectivity index (χ4v) is 2.52. The van der Waals surface area contributed by atoms with Crippen LogP contribution in [0.1, 0.15) is 39.5 Å². The Bertz CT molecular complexity index is 230. The Labute approximate surface area is 105 Å². The maximum Gasteiger partial charge on any atom is 0.0638 e. The third kappa shape index (κ3) is 3.67. The molecular weight excluding hydrogens is 214 g/mol. The Hall–Kier alpha value is -0.120. The Morgan fingerprint density at radius 2 is 2.24 bits per heavy atom. The minimum atomic E-state index is 0.212. The number of rotatable bonds is 8. The van der Waals surface area contributed by atoms with Crippen molar-refractivity contribution in [1.29, 1.82) is 0 Å². The summed E-state index contributed by atoms with van der Waals surface area (Å²) in [6, 6.07) is 0. The standard InChI is InChI=1S/C14H27NO2/c1-3-7-15-10-14(6-8-17-12(14)2)11-16-9-13-4-5-13/h12-13,15H,3-11H2,1-2H3. The van der Waals surface area contributed by atoms with Crippen LogP contribution >= 0.6 is 0 Å². The number of hydrogen-bond donors (Lipinski definition) is 1. The molecule has 2 rings (SSSR count). The third-order valence-electron chi connectivity index (χ3n) is 4.17. The lowest BCUT2D eigenvalue weighted by Gasteiger charge is -2.32. The van der Waals surface area contributed by atoms with Gasteiger partial charge in [-0.15, -0.1) is 0 Å². The monoisotopic (exact) mass is 241 g/mol. The molecule has 1 saturated heterocycles. The highest BCUT2D eigenvalue weighted by Gasteiger charge is 2.41. The molecule has 0 bridgehead atoms. The molecule has 0 aromatic carbocycles. The van der Waals surface area contributed by atoms with Gasteiger partial charge in [0.15, 0.2) is 0 Å². The third-order valence-corrected chi connectivity index (χ3v) is 4.17. The highest BCUT2D eigenvalue weighted by atomic mass is 16.5. The molecular formula is C14H27NO2. The first kappa shape index (κ1) is 13.3. The minimum Gasteiger partial charge on any atom is -0.380 e. The summed E-state index contributed by atoms with van der Waals surface area (Å²) in [4.78, 5) is 0. The average molecular weight is 241 g/mol. The van der Waals surface area contributed by atoms with Gasteiger partial charge in [0.2, 0.25) is 0 Å². The maximum absolute atomic E-state index is 5.93. The predicted octanol–water partition coefficient (Wildman–Crippen LogP) is 2.21. The first-order chi connectivity index (χ1) is 8.27. The van der Waals surface area contributed by atoms with Crippen molar-refractivity contribution >= 4 is 0 Å². The van der Waals surface area contributed by atoms with E-state index in [4.69, 9.17) is 9.47 Å². The molecule has 1 aliphatic heterocycles. The summed E-state index contributed by atoms with van der Waals surface area (Å²) in [7, 11) is 0. The van der Waals surface area contributed by atoms with Gasteiger partial charge in [0.05, 0.1) is 12.7 Å². The van der Waals surface area contributed by atoms with Gasteiger partial charge in [-0.05, 0) is 45.1 Å². The van der Waals surface area contributed by atoms with Crippen molar-refractivity contribution in [2.75, 3.05) is 32.9 Å². The molecule has 0 spiro atoms. The Morgan fingerprint density at radius 3 is 2.82 bits per heavy atom. The molecule has 1 N–H and O–H groups in total. The van der Waals surface area contributed by atoms with Crippen LogP contribution in [0, 0.1) is 11.3 Å². The highest BCUT2D eigenvalue weighted by Crippen LogP contribution is 2.36. The second-order valence-electron chi connectivity index (χ2n) is 5.76. The number of ether oxygens (including phenoxy) is 2. The molecule has 3 nitrogen and oxygen atoms in total. The predicted molar refractivity (Wildman–Crippen MR) is 69.2 cm³/mol. The lowest BCUT2D eigenvalue weighted by atomic mass is 9.82. The van der Waals surface area contributed by atoms with E-state index in [1.165, 1.54) is 19.3 Å². The summed E-state index contributed by atoms with van der Waals surface area (Å²) < 4.78 is 11.7. The zero-order valence-corrected chi connectivity index (χ0v) is 11.3. The Morgan fingerprint density at radius 1 is 1.41 bits per heavy atom. The molecule has 0 aromatic heterocycles. The van der Waals surface area contributed by atoms with E-state index in [-0.39, 0.29) is 5.41 Å². The van der Waals surface area contributed by atoms with E-state index >= 15 is 0 Å². The first-order valence-electron chi connectivity index (χ1n) is 7.17. The minimum absolute atomic E-state index is 0.212. The molecule has 100 valence electrons. The largest absolute Gasteiger partial charge is 0.380 e. The van der Waals surface area contributed by atoms with Gasteiger partial charge in [-0.25, -0.2) is 0 Å². The fourth-order valence-electron chi connectivity index (χ4n) is 2.52. The molecule has 3 heteroatoms. The molecule has 2 aliphatic rings. The second-order valence-corrected chi connectivity index (χ2v) is 5.76. The molecule has 1 aliphatic carbocycles. The molecule has 17 heavy (non-hydrogen) atoms. The van der Waals surface area contributed by atoms with Crippen LogP contribution in [0.25, 0.3) is 0 Å². The normalized spacial score (nSPS) is 33.2. The smallest absolute Gasteiger partial charge is 0.0638 e. The molecule has 2 unspecified atom stereocenters. The van der Waals surface area contributed by atoms with Crippen LogP contribution in [0.2, 0.25) is 0 Å². The van der Waals surface area contributed by atoms with E-state index in [1.807, 2.05) is 0 Å². The molecule has 1 heterocycles. The highest BCUT2D eigenvalue weighted by molar-refractivity contribution is 4.91. The van der Waals surface area contributed by atoms with Gasteiger partial charge in [-0.2, -0.15) is 0 Å². The van der Waals surface area contributed by atoms with Gasteiger partial charge in [0, 0.05) is 25.2 Å². The maximum atomic E-state index is 5.93. The topological polar surface area (TPSA) is 30.5 Å². The van der Waals surface area contributed by atoms with Gasteiger partial charge >= 0.3 is 0 Å². The number of nitrogens with one attached hydrogen (secondary N) is 1. The van der Waals surface area contributed by atoms with Crippen molar-refractivity contribution in [3.63, 3.8) is 0 Å². The average Bonchev–Trinajstić information content (AvgIpc) is 3.06. The Kier molecular flexibility index (Phi) is 4.83. The summed E-state index contributed by atoms with van der Waals surface area (Å²) in [6.45, 7) is 9.24. The second kappa shape index (κ2) is 6.17. The van der Waals surface area contributed by atoms with Crippen molar-refractivity contribution in [2.45, 2.75) is 45.6 Å². The van der Waals surface area contributed by atoms with Crippen molar-refractivity contribution in [3.8, 4) is 0 Å². The van der Waals surface area contributed by atoms with E-state index in [1.54, 1.807) is 0 Å². The van der Waals surface area contributed by atoms with E-state index < -0.39 is 0 Å². The van der Waals surface area contributed by atoms with Crippen LogP contribution in [0.4, 0.5) is 0 Å². The molecule has 2 fully saturated rings. The van der Waals surface area contributed by atoms with Gasteiger partial charge in [-0.1, -0.05) is 6.92 Å². The van der Waals surface area contributed by atoms with Crippen molar-refractivity contribution in [2.24, 2.45) is 11.3 Å². The summed E-state index contributed by atoms with van der Waals surface area (Å²) in [5, 5.41) is 3.54. The summed E-state index contributed by atoms with van der Waals surface area (Å²) in [6.07, 6.45) is 5.38. The quantitative estimate of drug-likeness (QED) is 0.661. The van der Waals surface area contributed by atoms with Gasteiger partial charge in [-0.3, -0.25) is 0 Å². The molecule has 1 saturated carbocycles. The number of hydrogen-bond acceptors (Lipinski definition) is 3. The summed E-state index contributed by atoms with van der Waals surface area (Å²) in [5.74, 6) is 0.855. The van der Waals surface area contributed by atoms with Crippen LogP contribution in [-0.2, 0) is 9.47 Å². The van der Waals surface area contributed by atoms with E-state index in [0.717, 1.165) is 45.2 Å². The van der Waals surface area contributed by atoms with E-state index in [2.05, 4.69) is 19.2 Å². The first-order valence-corrected chi connectivity index (χ1v) is 7.17. The molecule has 0 aromatic rings. The fraction of sp³-hybridized carbons (Fsp3) is 1.00. The van der Waals surface area contributed by atoms with Crippen LogP contribution in [0.5, 0.6) is 0 Å². The Balaban J connectivity index is 1.77. The van der Waals surface area contributed by atoms with Gasteiger partial charge < -0.3 is 14.8 Å². The van der Waals surface area contributed by atoms with Crippen LogP contribution in [0.3, 0.4) is 0 Å². The summed E-state index contributed by atoms with van der Waals surface area (Å²) in [5.41, 5.74) is 0.212.